The highest BCUT2D eigenvalue weighted by atomic mass is 19.4. The van der Waals surface area contributed by atoms with E-state index in [1.165, 1.54) is 6.07 Å². The van der Waals surface area contributed by atoms with Crippen molar-refractivity contribution in [2.75, 3.05) is 5.73 Å². The highest BCUT2D eigenvalue weighted by molar-refractivity contribution is 5.66. The zero-order valence-corrected chi connectivity index (χ0v) is 11.4. The van der Waals surface area contributed by atoms with Crippen LogP contribution in [0.1, 0.15) is 36.6 Å². The van der Waals surface area contributed by atoms with Crippen molar-refractivity contribution >= 4 is 11.5 Å². The molecule has 2 N–H and O–H groups in total. The zero-order chi connectivity index (χ0) is 16.9. The highest BCUT2D eigenvalue weighted by Gasteiger charge is 2.44. The smallest absolute Gasteiger partial charge is 0.367 e. The van der Waals surface area contributed by atoms with Crippen molar-refractivity contribution in [1.29, 1.82) is 5.26 Å². The lowest BCUT2D eigenvalue weighted by molar-refractivity contribution is -0.136. The number of nitrogen functional groups attached to an aromatic ring is 1. The SMILES string of the molecule is CC(c1c(C#N)c(C(F)(F)F)c2cnc(N)nn12)C(C)(F)F. The van der Waals surface area contributed by atoms with E-state index in [9.17, 15) is 22.0 Å². The lowest BCUT2D eigenvalue weighted by Crippen LogP contribution is -2.22. The van der Waals surface area contributed by atoms with Crippen molar-refractivity contribution in [3.63, 3.8) is 0 Å². The topological polar surface area (TPSA) is 80.0 Å². The fourth-order valence-corrected chi connectivity index (χ4v) is 2.12. The molecule has 10 heteroatoms. The van der Waals surface area contributed by atoms with Crippen LogP contribution in [0.4, 0.5) is 27.9 Å². The number of hydrogen-bond donors (Lipinski definition) is 1. The van der Waals surface area contributed by atoms with Crippen molar-refractivity contribution in [3.8, 4) is 6.07 Å². The van der Waals surface area contributed by atoms with Crippen molar-refractivity contribution in [2.24, 2.45) is 0 Å². The molecule has 2 aromatic rings. The van der Waals surface area contributed by atoms with Crippen molar-refractivity contribution in [3.05, 3.63) is 23.0 Å². The number of anilines is 1. The summed E-state index contributed by atoms with van der Waals surface area (Å²) in [4.78, 5) is 3.44. The van der Waals surface area contributed by atoms with E-state index in [0.29, 0.717) is 11.4 Å². The van der Waals surface area contributed by atoms with Crippen LogP contribution in [-0.4, -0.2) is 20.5 Å². The average Bonchev–Trinajstić information content (AvgIpc) is 2.69. The second-order valence-corrected chi connectivity index (χ2v) is 4.84. The number of aromatic nitrogens is 3. The molecule has 0 spiro atoms. The standard InChI is InChI=1S/C12H10F5N5/c1-5(11(2,13)14)9-6(3-18)8(12(15,16)17)7-4-20-10(19)21-22(7)9/h4-5H,1-2H3,(H2,19,21). The first-order chi connectivity index (χ1) is 9.98. The third kappa shape index (κ3) is 2.43. The van der Waals surface area contributed by atoms with Crippen LogP contribution in [0.2, 0.25) is 0 Å². The molecule has 118 valence electrons. The number of rotatable bonds is 2. The van der Waals surface area contributed by atoms with Crippen molar-refractivity contribution in [1.82, 2.24) is 14.6 Å². The molecule has 22 heavy (non-hydrogen) atoms. The molecule has 0 aliphatic rings. The van der Waals surface area contributed by atoms with Gasteiger partial charge in [-0.15, -0.1) is 5.10 Å². The largest absolute Gasteiger partial charge is 0.419 e. The lowest BCUT2D eigenvalue weighted by Gasteiger charge is -2.19. The van der Waals surface area contributed by atoms with Crippen LogP contribution in [0.5, 0.6) is 0 Å². The molecule has 0 saturated carbocycles. The second kappa shape index (κ2) is 4.79. The first-order valence-corrected chi connectivity index (χ1v) is 6.00. The summed E-state index contributed by atoms with van der Waals surface area (Å²) in [6, 6.07) is 1.35. The Morgan fingerprint density at radius 3 is 2.36 bits per heavy atom. The molecule has 0 aromatic carbocycles. The van der Waals surface area contributed by atoms with E-state index < -0.39 is 46.3 Å². The molecule has 0 aliphatic heterocycles. The summed E-state index contributed by atoms with van der Waals surface area (Å²) in [5.74, 6) is -5.43. The minimum absolute atomic E-state index is 0.395. The van der Waals surface area contributed by atoms with Gasteiger partial charge in [0, 0.05) is 6.92 Å². The number of halogens is 5. The normalized spacial score (nSPS) is 14.1. The van der Waals surface area contributed by atoms with Crippen LogP contribution >= 0.6 is 0 Å². The predicted octanol–water partition coefficient (Wildman–Crippen LogP) is 2.96. The molecule has 0 radical (unpaired) electrons. The van der Waals surface area contributed by atoms with Gasteiger partial charge in [0.05, 0.1) is 28.9 Å². The Kier molecular flexibility index (Phi) is 3.47. The molecule has 2 rings (SSSR count). The Morgan fingerprint density at radius 2 is 1.91 bits per heavy atom. The van der Waals surface area contributed by atoms with E-state index in [1.807, 2.05) is 0 Å². The Labute approximate surface area is 121 Å². The first kappa shape index (κ1) is 15.9. The molecule has 0 saturated heterocycles. The highest BCUT2D eigenvalue weighted by Crippen LogP contribution is 2.42. The molecule has 2 heterocycles. The van der Waals surface area contributed by atoms with E-state index in [2.05, 4.69) is 10.1 Å². The number of hydrogen-bond acceptors (Lipinski definition) is 4. The zero-order valence-electron chi connectivity index (χ0n) is 11.4. The van der Waals surface area contributed by atoms with E-state index in [4.69, 9.17) is 11.0 Å². The van der Waals surface area contributed by atoms with Gasteiger partial charge in [-0.2, -0.15) is 18.4 Å². The summed E-state index contributed by atoms with van der Waals surface area (Å²) in [6.07, 6.45) is -4.16. The number of nitrogens with zero attached hydrogens (tertiary/aromatic N) is 4. The second-order valence-electron chi connectivity index (χ2n) is 4.84. The Morgan fingerprint density at radius 1 is 1.32 bits per heavy atom. The average molecular weight is 319 g/mol. The molecule has 0 amide bonds. The van der Waals surface area contributed by atoms with Crippen molar-refractivity contribution < 1.29 is 22.0 Å². The fraction of sp³-hybridized carbons (Fsp3) is 0.417. The summed E-state index contributed by atoms with van der Waals surface area (Å²) in [5.41, 5.74) is 1.93. The third-order valence-electron chi connectivity index (χ3n) is 3.31. The minimum Gasteiger partial charge on any atom is -0.367 e. The minimum atomic E-state index is -4.92. The Bertz CT molecular complexity index is 765. The van der Waals surface area contributed by atoms with Crippen LogP contribution in [0, 0.1) is 11.3 Å². The van der Waals surface area contributed by atoms with Gasteiger partial charge < -0.3 is 5.73 Å². The quantitative estimate of drug-likeness (QED) is 0.863. The fourth-order valence-electron chi connectivity index (χ4n) is 2.12. The molecule has 5 nitrogen and oxygen atoms in total. The number of nitrogens with two attached hydrogens (primary N) is 1. The number of fused-ring (bicyclic) bond motifs is 1. The van der Waals surface area contributed by atoms with E-state index >= 15 is 0 Å². The molecular formula is C12H10F5N5. The van der Waals surface area contributed by atoms with Gasteiger partial charge in [0.25, 0.3) is 5.92 Å². The van der Waals surface area contributed by atoms with Gasteiger partial charge >= 0.3 is 6.18 Å². The first-order valence-electron chi connectivity index (χ1n) is 6.00. The monoisotopic (exact) mass is 319 g/mol. The predicted molar refractivity (Wildman–Crippen MR) is 66.2 cm³/mol. The summed E-state index contributed by atoms with van der Waals surface area (Å²) < 4.78 is 67.4. The molecule has 2 aromatic heterocycles. The third-order valence-corrected chi connectivity index (χ3v) is 3.31. The summed E-state index contributed by atoms with van der Waals surface area (Å²) in [6.45, 7) is 1.57. The van der Waals surface area contributed by atoms with Gasteiger partial charge in [-0.1, -0.05) is 6.92 Å². The maximum Gasteiger partial charge on any atom is 0.419 e. The Balaban J connectivity index is 2.97. The van der Waals surface area contributed by atoms with Gasteiger partial charge in [0.1, 0.15) is 11.6 Å². The van der Waals surface area contributed by atoms with Gasteiger partial charge in [-0.3, -0.25) is 0 Å². The van der Waals surface area contributed by atoms with Gasteiger partial charge in [0.2, 0.25) is 5.95 Å². The van der Waals surface area contributed by atoms with Gasteiger partial charge in [0.15, 0.2) is 0 Å². The van der Waals surface area contributed by atoms with Crippen LogP contribution in [0.3, 0.4) is 0 Å². The molecule has 1 atom stereocenters. The van der Waals surface area contributed by atoms with Crippen LogP contribution in [0.25, 0.3) is 5.52 Å². The molecule has 1 unspecified atom stereocenters. The Hall–Kier alpha value is -2.44. The summed E-state index contributed by atoms with van der Waals surface area (Å²) in [5, 5.41) is 12.6. The lowest BCUT2D eigenvalue weighted by atomic mass is 9.96. The maximum absolute atomic E-state index is 13.6. The van der Waals surface area contributed by atoms with Gasteiger partial charge in [-0.25, -0.2) is 18.3 Å². The molecule has 0 fully saturated rings. The number of nitriles is 1. The van der Waals surface area contributed by atoms with E-state index in [1.54, 1.807) is 0 Å². The van der Waals surface area contributed by atoms with Crippen LogP contribution in [-0.2, 0) is 6.18 Å². The van der Waals surface area contributed by atoms with Crippen LogP contribution in [0.15, 0.2) is 6.20 Å². The molecular weight excluding hydrogens is 309 g/mol. The molecule has 0 bridgehead atoms. The molecule has 0 aliphatic carbocycles. The maximum atomic E-state index is 13.6. The number of alkyl halides is 5. The summed E-state index contributed by atoms with van der Waals surface area (Å²) >= 11 is 0. The van der Waals surface area contributed by atoms with Crippen LogP contribution < -0.4 is 5.73 Å². The summed E-state index contributed by atoms with van der Waals surface area (Å²) in [7, 11) is 0. The van der Waals surface area contributed by atoms with E-state index in [0.717, 1.165) is 13.1 Å². The van der Waals surface area contributed by atoms with E-state index in [-0.39, 0.29) is 0 Å². The van der Waals surface area contributed by atoms with Gasteiger partial charge in [-0.05, 0) is 0 Å². The van der Waals surface area contributed by atoms with Crippen molar-refractivity contribution in [2.45, 2.75) is 31.9 Å².